The Morgan fingerprint density at radius 3 is 2.79 bits per heavy atom. The van der Waals surface area contributed by atoms with Crippen LogP contribution >= 0.6 is 34.7 Å². The van der Waals surface area contributed by atoms with Gasteiger partial charge in [0.25, 0.3) is 0 Å². The number of halogens is 2. The molecule has 4 rings (SSSR count). The van der Waals surface area contributed by atoms with Crippen molar-refractivity contribution in [3.63, 3.8) is 0 Å². The zero-order valence-corrected chi connectivity index (χ0v) is 14.4. The minimum absolute atomic E-state index is 0.165. The smallest absolute Gasteiger partial charge is 0.193 e. The molecule has 0 spiro atoms. The fraction of sp³-hybridized carbons (Fsp3) is 0.0588. The molecule has 3 aromatic rings. The van der Waals surface area contributed by atoms with Gasteiger partial charge in [0, 0.05) is 20.7 Å². The minimum Gasteiger partial charge on any atom is -0.410 e. The van der Waals surface area contributed by atoms with Gasteiger partial charge >= 0.3 is 0 Å². The molecule has 0 bridgehead atoms. The van der Waals surface area contributed by atoms with Crippen LogP contribution in [0.4, 0.5) is 4.39 Å². The summed E-state index contributed by atoms with van der Waals surface area (Å²) in [6, 6.07) is 11.2. The Kier molecular flexibility index (Phi) is 3.83. The molecule has 1 N–H and O–H groups in total. The van der Waals surface area contributed by atoms with Crippen LogP contribution in [0, 0.1) is 5.82 Å². The number of hydrogen-bond donors (Lipinski definition) is 1. The van der Waals surface area contributed by atoms with Crippen LogP contribution in [0.5, 0.6) is 0 Å². The van der Waals surface area contributed by atoms with Crippen molar-refractivity contribution in [2.75, 3.05) is 0 Å². The maximum atomic E-state index is 13.6. The van der Waals surface area contributed by atoms with Gasteiger partial charge in [0.1, 0.15) is 10.9 Å². The third-order valence-corrected chi connectivity index (χ3v) is 6.52. The first-order valence-corrected chi connectivity index (χ1v) is 9.01. The summed E-state index contributed by atoms with van der Waals surface area (Å²) >= 11 is 8.70. The van der Waals surface area contributed by atoms with Gasteiger partial charge in [0.15, 0.2) is 5.43 Å². The Hall–Kier alpha value is -1.89. The number of rotatable bonds is 1. The predicted molar refractivity (Wildman–Crippen MR) is 96.4 cm³/mol. The van der Waals surface area contributed by atoms with Crippen LogP contribution in [0.2, 0.25) is 5.02 Å². The number of fused-ring (bicyclic) bond motifs is 2. The SMILES string of the molecule is O=c1c2c(sc3ccc(Cl)cc13)S/C(=N\O)[C@@H]2c1cccc(F)c1. The first-order valence-electron chi connectivity index (χ1n) is 7.00. The first-order chi connectivity index (χ1) is 11.6. The van der Waals surface area contributed by atoms with E-state index in [9.17, 15) is 14.4 Å². The highest BCUT2D eigenvalue weighted by atomic mass is 35.5. The largest absolute Gasteiger partial charge is 0.410 e. The van der Waals surface area contributed by atoms with E-state index in [1.807, 2.05) is 0 Å². The number of hydrogen-bond acceptors (Lipinski definition) is 5. The lowest BCUT2D eigenvalue weighted by Gasteiger charge is -2.11. The van der Waals surface area contributed by atoms with Gasteiger partial charge in [-0.2, -0.15) is 0 Å². The molecule has 0 aliphatic carbocycles. The number of benzene rings is 2. The zero-order chi connectivity index (χ0) is 16.8. The van der Waals surface area contributed by atoms with E-state index in [2.05, 4.69) is 5.16 Å². The zero-order valence-electron chi connectivity index (χ0n) is 12.0. The molecule has 1 atom stereocenters. The van der Waals surface area contributed by atoms with Crippen LogP contribution in [-0.4, -0.2) is 10.3 Å². The fourth-order valence-corrected chi connectivity index (χ4v) is 5.54. The summed E-state index contributed by atoms with van der Waals surface area (Å²) in [4.78, 5) is 13.0. The van der Waals surface area contributed by atoms with Gasteiger partial charge in [-0.3, -0.25) is 4.79 Å². The Balaban J connectivity index is 2.03. The lowest BCUT2D eigenvalue weighted by atomic mass is 9.93. The maximum Gasteiger partial charge on any atom is 0.193 e. The number of oxime groups is 1. The van der Waals surface area contributed by atoms with Crippen LogP contribution in [0.15, 0.2) is 56.6 Å². The fourth-order valence-electron chi connectivity index (χ4n) is 2.84. The van der Waals surface area contributed by atoms with Gasteiger partial charge in [0.05, 0.1) is 10.1 Å². The van der Waals surface area contributed by atoms with E-state index in [4.69, 9.17) is 11.6 Å². The molecule has 120 valence electrons. The topological polar surface area (TPSA) is 49.7 Å². The van der Waals surface area contributed by atoms with E-state index in [1.54, 1.807) is 30.3 Å². The highest BCUT2D eigenvalue weighted by Crippen LogP contribution is 2.47. The Morgan fingerprint density at radius 2 is 2.04 bits per heavy atom. The molecule has 24 heavy (non-hydrogen) atoms. The van der Waals surface area contributed by atoms with Gasteiger partial charge in [-0.25, -0.2) is 4.39 Å². The lowest BCUT2D eigenvalue weighted by molar-refractivity contribution is 0.319. The molecule has 2 aromatic carbocycles. The van der Waals surface area contributed by atoms with E-state index in [0.29, 0.717) is 26.6 Å². The second-order valence-corrected chi connectivity index (χ2v) is 8.08. The second-order valence-electron chi connectivity index (χ2n) is 5.30. The highest BCUT2D eigenvalue weighted by Gasteiger charge is 2.36. The van der Waals surface area contributed by atoms with E-state index in [1.165, 1.54) is 35.2 Å². The predicted octanol–water partition coefficient (Wildman–Crippen LogP) is 5.08. The summed E-state index contributed by atoms with van der Waals surface area (Å²) in [5.74, 6) is -0.971. The molecule has 1 aliphatic rings. The molecular formula is C17H9ClFNO2S2. The Morgan fingerprint density at radius 1 is 1.21 bits per heavy atom. The van der Waals surface area contributed by atoms with E-state index >= 15 is 0 Å². The van der Waals surface area contributed by atoms with Crippen molar-refractivity contribution in [2.45, 2.75) is 10.1 Å². The third-order valence-electron chi connectivity index (χ3n) is 3.87. The molecule has 0 radical (unpaired) electrons. The molecule has 1 aromatic heterocycles. The van der Waals surface area contributed by atoms with E-state index < -0.39 is 11.7 Å². The number of nitrogens with zero attached hydrogens (tertiary/aromatic N) is 1. The Bertz CT molecular complexity index is 1060. The lowest BCUT2D eigenvalue weighted by Crippen LogP contribution is -2.15. The van der Waals surface area contributed by atoms with Crippen LogP contribution in [-0.2, 0) is 0 Å². The molecule has 0 fully saturated rings. The van der Waals surface area contributed by atoms with Crippen molar-refractivity contribution in [3.05, 3.63) is 74.7 Å². The van der Waals surface area contributed by atoms with Crippen LogP contribution in [0.25, 0.3) is 10.1 Å². The van der Waals surface area contributed by atoms with Crippen molar-refractivity contribution in [1.82, 2.24) is 0 Å². The summed E-state index contributed by atoms with van der Waals surface area (Å²) in [5.41, 5.74) is 0.930. The quantitative estimate of drug-likeness (QED) is 0.475. The summed E-state index contributed by atoms with van der Waals surface area (Å²) in [5, 5.41) is 14.1. The molecule has 2 heterocycles. The maximum absolute atomic E-state index is 13.6. The normalized spacial score (nSPS) is 18.2. The molecule has 1 aliphatic heterocycles. The van der Waals surface area contributed by atoms with E-state index in [-0.39, 0.29) is 5.43 Å². The molecule has 3 nitrogen and oxygen atoms in total. The standard InChI is InChI=1S/C17H9ClFNO2S2/c18-9-4-5-12-11(7-9)15(21)14-13(8-2-1-3-10(19)6-8)16(20-22)24-17(14)23-12/h1-7,13,22H/b20-16-/t13-/m1/s1. The summed E-state index contributed by atoms with van der Waals surface area (Å²) in [6.45, 7) is 0. The van der Waals surface area contributed by atoms with Gasteiger partial charge in [-0.15, -0.1) is 11.3 Å². The Labute approximate surface area is 149 Å². The monoisotopic (exact) mass is 377 g/mol. The third kappa shape index (κ3) is 2.42. The molecule has 0 saturated heterocycles. The van der Waals surface area contributed by atoms with Crippen LogP contribution < -0.4 is 5.43 Å². The average Bonchev–Trinajstić information content (AvgIpc) is 2.94. The van der Waals surface area contributed by atoms with Crippen molar-refractivity contribution in [3.8, 4) is 0 Å². The van der Waals surface area contributed by atoms with Gasteiger partial charge in [0.2, 0.25) is 0 Å². The summed E-state index contributed by atoms with van der Waals surface area (Å²) in [7, 11) is 0. The van der Waals surface area contributed by atoms with Crippen molar-refractivity contribution >= 4 is 49.8 Å². The van der Waals surface area contributed by atoms with Crippen molar-refractivity contribution < 1.29 is 9.60 Å². The minimum atomic E-state index is -0.571. The molecule has 0 amide bonds. The van der Waals surface area contributed by atoms with E-state index in [0.717, 1.165) is 8.91 Å². The summed E-state index contributed by atoms with van der Waals surface area (Å²) in [6.07, 6.45) is 0. The van der Waals surface area contributed by atoms with Crippen molar-refractivity contribution in [2.24, 2.45) is 5.16 Å². The molecule has 0 unspecified atom stereocenters. The molecular weight excluding hydrogens is 369 g/mol. The second kappa shape index (κ2) is 5.88. The van der Waals surface area contributed by atoms with Crippen molar-refractivity contribution in [1.29, 1.82) is 0 Å². The first kappa shape index (κ1) is 15.6. The summed E-state index contributed by atoms with van der Waals surface area (Å²) < 4.78 is 15.2. The molecule has 0 saturated carbocycles. The highest BCUT2D eigenvalue weighted by molar-refractivity contribution is 8.16. The van der Waals surface area contributed by atoms with Crippen LogP contribution in [0.1, 0.15) is 17.0 Å². The molecule has 7 heteroatoms. The average molecular weight is 378 g/mol. The van der Waals surface area contributed by atoms with Crippen LogP contribution in [0.3, 0.4) is 0 Å². The van der Waals surface area contributed by atoms with Gasteiger partial charge < -0.3 is 5.21 Å². The number of thioether (sulfide) groups is 1. The van der Waals surface area contributed by atoms with Gasteiger partial charge in [-0.1, -0.05) is 40.7 Å². The van der Waals surface area contributed by atoms with Gasteiger partial charge in [-0.05, 0) is 35.9 Å².